The fraction of sp³-hybridized carbons (Fsp3) is 0.667. The molecule has 1 heterocycles. The Balaban J connectivity index is 2.44. The number of ether oxygens (including phenoxy) is 1. The largest absolute Gasteiger partial charge is 0.476 e. The summed E-state index contributed by atoms with van der Waals surface area (Å²) in [5, 5.41) is 0. The first-order chi connectivity index (χ1) is 8.91. The van der Waals surface area contributed by atoms with Gasteiger partial charge in [0.05, 0.1) is 0 Å². The van der Waals surface area contributed by atoms with Crippen molar-refractivity contribution in [2.24, 2.45) is 5.73 Å². The summed E-state index contributed by atoms with van der Waals surface area (Å²) in [5.74, 6) is 0.664. The van der Waals surface area contributed by atoms with Crippen LogP contribution in [-0.2, 0) is 0 Å². The minimum Gasteiger partial charge on any atom is -0.476 e. The SMILES string of the molecule is CC(C)N(CCOc1ccc([C@H](C)N)cn1)C(C)C. The van der Waals surface area contributed by atoms with Gasteiger partial charge in [0.1, 0.15) is 6.61 Å². The Morgan fingerprint density at radius 2 is 1.79 bits per heavy atom. The predicted molar refractivity (Wildman–Crippen MR) is 79.3 cm³/mol. The highest BCUT2D eigenvalue weighted by Gasteiger charge is 2.12. The van der Waals surface area contributed by atoms with Crippen LogP contribution in [0.4, 0.5) is 0 Å². The number of hydrogen-bond donors (Lipinski definition) is 1. The summed E-state index contributed by atoms with van der Waals surface area (Å²) in [5.41, 5.74) is 6.81. The molecule has 0 aromatic carbocycles. The van der Waals surface area contributed by atoms with E-state index in [2.05, 4.69) is 37.6 Å². The molecule has 0 radical (unpaired) electrons. The molecule has 0 saturated heterocycles. The normalized spacial score (nSPS) is 13.3. The Kier molecular flexibility index (Phi) is 6.25. The van der Waals surface area contributed by atoms with Crippen molar-refractivity contribution < 1.29 is 4.74 Å². The number of rotatable bonds is 7. The zero-order chi connectivity index (χ0) is 14.4. The van der Waals surface area contributed by atoms with Gasteiger partial charge in [-0.15, -0.1) is 0 Å². The molecule has 1 rings (SSSR count). The van der Waals surface area contributed by atoms with Crippen LogP contribution in [0.15, 0.2) is 18.3 Å². The lowest BCUT2D eigenvalue weighted by molar-refractivity contribution is 0.140. The van der Waals surface area contributed by atoms with E-state index in [4.69, 9.17) is 10.5 Å². The zero-order valence-electron chi connectivity index (χ0n) is 12.8. The highest BCUT2D eigenvalue weighted by atomic mass is 16.5. The van der Waals surface area contributed by atoms with Gasteiger partial charge in [-0.25, -0.2) is 4.98 Å². The first-order valence-corrected chi connectivity index (χ1v) is 7.02. The molecule has 1 atom stereocenters. The summed E-state index contributed by atoms with van der Waals surface area (Å²) < 4.78 is 5.68. The Morgan fingerprint density at radius 3 is 2.21 bits per heavy atom. The predicted octanol–water partition coefficient (Wildman–Crippen LogP) is 2.60. The average Bonchev–Trinajstić information content (AvgIpc) is 2.34. The smallest absolute Gasteiger partial charge is 0.213 e. The molecule has 4 nitrogen and oxygen atoms in total. The molecule has 0 unspecified atom stereocenters. The van der Waals surface area contributed by atoms with Gasteiger partial charge in [-0.3, -0.25) is 4.90 Å². The van der Waals surface area contributed by atoms with E-state index in [0.717, 1.165) is 12.1 Å². The summed E-state index contributed by atoms with van der Waals surface area (Å²) >= 11 is 0. The molecule has 4 heteroatoms. The molecular formula is C15H27N3O. The van der Waals surface area contributed by atoms with E-state index in [-0.39, 0.29) is 6.04 Å². The highest BCUT2D eigenvalue weighted by Crippen LogP contribution is 2.12. The van der Waals surface area contributed by atoms with Gasteiger partial charge in [0, 0.05) is 36.9 Å². The molecule has 0 amide bonds. The fourth-order valence-corrected chi connectivity index (χ4v) is 2.11. The van der Waals surface area contributed by atoms with Crippen LogP contribution < -0.4 is 10.5 Å². The van der Waals surface area contributed by atoms with Crippen molar-refractivity contribution in [3.05, 3.63) is 23.9 Å². The van der Waals surface area contributed by atoms with Gasteiger partial charge in [-0.1, -0.05) is 6.07 Å². The lowest BCUT2D eigenvalue weighted by atomic mass is 10.2. The number of hydrogen-bond acceptors (Lipinski definition) is 4. The van der Waals surface area contributed by atoms with Crippen LogP contribution in [0.1, 0.15) is 46.2 Å². The molecule has 2 N–H and O–H groups in total. The number of aromatic nitrogens is 1. The first-order valence-electron chi connectivity index (χ1n) is 7.02. The zero-order valence-corrected chi connectivity index (χ0v) is 12.8. The summed E-state index contributed by atoms with van der Waals surface area (Å²) in [6, 6.07) is 4.91. The summed E-state index contributed by atoms with van der Waals surface area (Å²) in [6.07, 6.45) is 1.78. The van der Waals surface area contributed by atoms with Crippen molar-refractivity contribution in [3.8, 4) is 5.88 Å². The van der Waals surface area contributed by atoms with E-state index >= 15 is 0 Å². The van der Waals surface area contributed by atoms with E-state index in [1.165, 1.54) is 0 Å². The van der Waals surface area contributed by atoms with Crippen LogP contribution in [-0.4, -0.2) is 35.1 Å². The third-order valence-corrected chi connectivity index (χ3v) is 3.21. The second kappa shape index (κ2) is 7.46. The molecular weight excluding hydrogens is 238 g/mol. The molecule has 1 aromatic heterocycles. The van der Waals surface area contributed by atoms with Gasteiger partial charge in [0.25, 0.3) is 0 Å². The molecule has 19 heavy (non-hydrogen) atoms. The van der Waals surface area contributed by atoms with Crippen molar-refractivity contribution >= 4 is 0 Å². The molecule has 108 valence electrons. The molecule has 0 bridgehead atoms. The molecule has 0 aliphatic rings. The minimum absolute atomic E-state index is 0.0129. The van der Waals surface area contributed by atoms with Crippen molar-refractivity contribution in [2.45, 2.75) is 52.7 Å². The Bertz CT molecular complexity index is 352. The van der Waals surface area contributed by atoms with Gasteiger partial charge < -0.3 is 10.5 Å². The van der Waals surface area contributed by atoms with Crippen molar-refractivity contribution in [1.29, 1.82) is 0 Å². The van der Waals surface area contributed by atoms with E-state index in [9.17, 15) is 0 Å². The van der Waals surface area contributed by atoms with Crippen molar-refractivity contribution in [2.75, 3.05) is 13.2 Å². The number of pyridine rings is 1. The van der Waals surface area contributed by atoms with Crippen LogP contribution in [0, 0.1) is 0 Å². The monoisotopic (exact) mass is 265 g/mol. The molecule has 0 saturated carbocycles. The molecule has 0 spiro atoms. The Labute approximate surface area is 117 Å². The number of nitrogens with zero attached hydrogens (tertiary/aromatic N) is 2. The number of nitrogens with two attached hydrogens (primary N) is 1. The van der Waals surface area contributed by atoms with E-state index in [0.29, 0.717) is 24.6 Å². The summed E-state index contributed by atoms with van der Waals surface area (Å²) in [6.45, 7) is 12.3. The summed E-state index contributed by atoms with van der Waals surface area (Å²) in [4.78, 5) is 6.66. The van der Waals surface area contributed by atoms with Crippen LogP contribution >= 0.6 is 0 Å². The minimum atomic E-state index is 0.0129. The lowest BCUT2D eigenvalue weighted by Crippen LogP contribution is -2.39. The standard InChI is InChI=1S/C15H27N3O/c1-11(2)18(12(3)4)8-9-19-15-7-6-14(10-17-15)13(5)16/h6-7,10-13H,8-9,16H2,1-5H3/t13-/m0/s1. The topological polar surface area (TPSA) is 51.4 Å². The maximum atomic E-state index is 5.78. The van der Waals surface area contributed by atoms with Crippen LogP contribution in [0.5, 0.6) is 5.88 Å². The molecule has 0 fully saturated rings. The second-order valence-corrected chi connectivity index (χ2v) is 5.49. The highest BCUT2D eigenvalue weighted by molar-refractivity contribution is 5.19. The lowest BCUT2D eigenvalue weighted by Gasteiger charge is -2.30. The van der Waals surface area contributed by atoms with Gasteiger partial charge in [-0.05, 0) is 40.2 Å². The van der Waals surface area contributed by atoms with Gasteiger partial charge in [-0.2, -0.15) is 0 Å². The molecule has 0 aliphatic heterocycles. The first kappa shape index (κ1) is 15.9. The quantitative estimate of drug-likeness (QED) is 0.823. The fourth-order valence-electron chi connectivity index (χ4n) is 2.11. The van der Waals surface area contributed by atoms with Gasteiger partial charge >= 0.3 is 0 Å². The molecule has 1 aromatic rings. The van der Waals surface area contributed by atoms with Gasteiger partial charge in [0.2, 0.25) is 5.88 Å². The third-order valence-electron chi connectivity index (χ3n) is 3.21. The Hall–Kier alpha value is -1.13. The van der Waals surface area contributed by atoms with Crippen molar-refractivity contribution in [3.63, 3.8) is 0 Å². The van der Waals surface area contributed by atoms with Crippen LogP contribution in [0.25, 0.3) is 0 Å². The molecule has 0 aliphatic carbocycles. The van der Waals surface area contributed by atoms with E-state index in [1.807, 2.05) is 19.1 Å². The maximum Gasteiger partial charge on any atom is 0.213 e. The van der Waals surface area contributed by atoms with Crippen molar-refractivity contribution in [1.82, 2.24) is 9.88 Å². The third kappa shape index (κ3) is 5.17. The summed E-state index contributed by atoms with van der Waals surface area (Å²) in [7, 11) is 0. The van der Waals surface area contributed by atoms with E-state index < -0.39 is 0 Å². The van der Waals surface area contributed by atoms with Crippen LogP contribution in [0.2, 0.25) is 0 Å². The average molecular weight is 265 g/mol. The second-order valence-electron chi connectivity index (χ2n) is 5.49. The van der Waals surface area contributed by atoms with Crippen LogP contribution in [0.3, 0.4) is 0 Å². The van der Waals surface area contributed by atoms with E-state index in [1.54, 1.807) is 6.20 Å². The Morgan fingerprint density at radius 1 is 1.16 bits per heavy atom. The maximum absolute atomic E-state index is 5.78. The van der Waals surface area contributed by atoms with Gasteiger partial charge in [0.15, 0.2) is 0 Å².